The Morgan fingerprint density at radius 3 is 2.38 bits per heavy atom. The van der Waals surface area contributed by atoms with Gasteiger partial charge in [-0.05, 0) is 35.2 Å². The summed E-state index contributed by atoms with van der Waals surface area (Å²) in [7, 11) is 0. The Balaban J connectivity index is 2.35. The Bertz CT molecular complexity index is 580. The molecule has 0 atom stereocenters. The summed E-state index contributed by atoms with van der Waals surface area (Å²) >= 11 is 1.61. The van der Waals surface area contributed by atoms with Crippen LogP contribution in [0.2, 0.25) is 0 Å². The average Bonchev–Trinajstić information content (AvgIpc) is 2.96. The Kier molecular flexibility index (Phi) is 5.58. The molecule has 1 heterocycles. The summed E-state index contributed by atoms with van der Waals surface area (Å²) in [5, 5.41) is 20.3. The van der Waals surface area contributed by atoms with E-state index in [0.29, 0.717) is 25.3 Å². The number of benzene rings is 1. The first-order valence-electron chi connectivity index (χ1n) is 6.83. The van der Waals surface area contributed by atoms with Crippen molar-refractivity contribution in [2.75, 3.05) is 36.9 Å². The smallest absolute Gasteiger partial charge is 0.0606 e. The van der Waals surface area contributed by atoms with Crippen molar-refractivity contribution in [1.82, 2.24) is 0 Å². The molecule has 0 aliphatic carbocycles. The van der Waals surface area contributed by atoms with Gasteiger partial charge in [0.1, 0.15) is 0 Å². The quantitative estimate of drug-likeness (QED) is 0.577. The van der Waals surface area contributed by atoms with Crippen molar-refractivity contribution in [2.24, 2.45) is 5.73 Å². The predicted molar refractivity (Wildman–Crippen MR) is 88.4 cm³/mol. The number of hydrogen-bond acceptors (Lipinski definition) is 6. The van der Waals surface area contributed by atoms with Gasteiger partial charge in [-0.3, -0.25) is 0 Å². The highest BCUT2D eigenvalue weighted by Gasteiger charge is 2.11. The van der Waals surface area contributed by atoms with Gasteiger partial charge in [0.2, 0.25) is 0 Å². The maximum absolute atomic E-state index is 9.14. The minimum Gasteiger partial charge on any atom is -0.398 e. The van der Waals surface area contributed by atoms with Crippen LogP contribution in [0.1, 0.15) is 5.56 Å². The third-order valence-electron chi connectivity index (χ3n) is 3.30. The van der Waals surface area contributed by atoms with Crippen LogP contribution >= 0.6 is 11.3 Å². The topological polar surface area (TPSA) is 95.7 Å². The van der Waals surface area contributed by atoms with E-state index in [1.807, 2.05) is 34.5 Å². The molecule has 1 aromatic heterocycles. The van der Waals surface area contributed by atoms with Gasteiger partial charge in [0.15, 0.2) is 0 Å². The summed E-state index contributed by atoms with van der Waals surface area (Å²) in [5.41, 5.74) is 15.4. The molecule has 21 heavy (non-hydrogen) atoms. The third kappa shape index (κ3) is 3.74. The van der Waals surface area contributed by atoms with Crippen molar-refractivity contribution in [1.29, 1.82) is 0 Å². The summed E-state index contributed by atoms with van der Waals surface area (Å²) < 4.78 is 0. The molecule has 5 nitrogen and oxygen atoms in total. The Hall–Kier alpha value is -1.60. The highest BCUT2D eigenvalue weighted by atomic mass is 32.1. The van der Waals surface area contributed by atoms with Gasteiger partial charge < -0.3 is 26.6 Å². The summed E-state index contributed by atoms with van der Waals surface area (Å²) in [4.78, 5) is 3.00. The highest BCUT2D eigenvalue weighted by Crippen LogP contribution is 2.34. The van der Waals surface area contributed by atoms with Crippen LogP contribution in [0.25, 0.3) is 10.4 Å². The van der Waals surface area contributed by atoms with E-state index in [9.17, 15) is 0 Å². The third-order valence-corrected chi connectivity index (χ3v) is 4.31. The van der Waals surface area contributed by atoms with Gasteiger partial charge in [0.05, 0.1) is 13.2 Å². The maximum atomic E-state index is 9.14. The van der Waals surface area contributed by atoms with Gasteiger partial charge >= 0.3 is 0 Å². The average molecular weight is 307 g/mol. The number of nitrogens with two attached hydrogens (primary N) is 2. The van der Waals surface area contributed by atoms with Crippen molar-refractivity contribution in [2.45, 2.75) is 6.54 Å². The van der Waals surface area contributed by atoms with Gasteiger partial charge in [0, 0.05) is 41.4 Å². The second-order valence-corrected chi connectivity index (χ2v) is 5.64. The number of aliphatic hydroxyl groups is 2. The number of rotatable bonds is 7. The first-order valence-corrected chi connectivity index (χ1v) is 7.71. The minimum atomic E-state index is 0.0377. The first kappa shape index (κ1) is 15.8. The fraction of sp³-hybridized carbons (Fsp3) is 0.333. The van der Waals surface area contributed by atoms with Crippen LogP contribution in [-0.2, 0) is 6.54 Å². The number of thiophene rings is 1. The van der Waals surface area contributed by atoms with E-state index < -0.39 is 0 Å². The van der Waals surface area contributed by atoms with Crippen molar-refractivity contribution >= 4 is 22.7 Å². The molecule has 1 aromatic carbocycles. The molecule has 0 radical (unpaired) electrons. The van der Waals surface area contributed by atoms with E-state index in [1.54, 1.807) is 11.3 Å². The Morgan fingerprint density at radius 2 is 1.81 bits per heavy atom. The lowest BCUT2D eigenvalue weighted by atomic mass is 10.1. The molecule has 0 saturated carbocycles. The Morgan fingerprint density at radius 1 is 1.10 bits per heavy atom. The van der Waals surface area contributed by atoms with E-state index in [-0.39, 0.29) is 13.2 Å². The monoisotopic (exact) mass is 307 g/mol. The lowest BCUT2D eigenvalue weighted by Gasteiger charge is -2.23. The maximum Gasteiger partial charge on any atom is 0.0606 e. The number of anilines is 2. The van der Waals surface area contributed by atoms with Crippen LogP contribution in [0.15, 0.2) is 29.6 Å². The standard InChI is InChI=1S/C15H21N3O2S/c16-9-11-7-15(21-10-11)13-8-12(1-2-14(13)17)18(3-5-19)4-6-20/h1-2,7-8,10,19-20H,3-6,9,16-17H2. The zero-order valence-corrected chi connectivity index (χ0v) is 12.6. The van der Waals surface area contributed by atoms with Crippen molar-refractivity contribution in [3.63, 3.8) is 0 Å². The van der Waals surface area contributed by atoms with E-state index >= 15 is 0 Å². The molecule has 0 unspecified atom stereocenters. The van der Waals surface area contributed by atoms with E-state index in [4.69, 9.17) is 21.7 Å². The Labute approximate surface area is 128 Å². The summed E-state index contributed by atoms with van der Waals surface area (Å²) in [6, 6.07) is 7.80. The molecule has 114 valence electrons. The van der Waals surface area contributed by atoms with Gasteiger partial charge in [-0.1, -0.05) is 0 Å². The SMILES string of the molecule is NCc1csc(-c2cc(N(CCO)CCO)ccc2N)c1. The molecule has 0 saturated heterocycles. The van der Waals surface area contributed by atoms with Gasteiger partial charge in [-0.15, -0.1) is 11.3 Å². The first-order chi connectivity index (χ1) is 10.2. The van der Waals surface area contributed by atoms with Gasteiger partial charge in [-0.25, -0.2) is 0 Å². The normalized spacial score (nSPS) is 10.8. The molecular formula is C15H21N3O2S. The number of aliphatic hydroxyl groups excluding tert-OH is 2. The molecule has 6 N–H and O–H groups in total. The summed E-state index contributed by atoms with van der Waals surface area (Å²) in [5.74, 6) is 0. The second kappa shape index (κ2) is 7.42. The molecule has 0 fully saturated rings. The second-order valence-electron chi connectivity index (χ2n) is 4.73. The van der Waals surface area contributed by atoms with E-state index in [0.717, 1.165) is 21.7 Å². The molecular weight excluding hydrogens is 286 g/mol. The largest absolute Gasteiger partial charge is 0.398 e. The molecule has 0 amide bonds. The fourth-order valence-electron chi connectivity index (χ4n) is 2.19. The van der Waals surface area contributed by atoms with Crippen LogP contribution in [0.5, 0.6) is 0 Å². The van der Waals surface area contributed by atoms with Crippen LogP contribution in [0.4, 0.5) is 11.4 Å². The fourth-order valence-corrected chi connectivity index (χ4v) is 3.16. The predicted octanol–water partition coefficient (Wildman–Crippen LogP) is 1.25. The van der Waals surface area contributed by atoms with Crippen molar-refractivity contribution < 1.29 is 10.2 Å². The van der Waals surface area contributed by atoms with Gasteiger partial charge in [-0.2, -0.15) is 0 Å². The molecule has 2 rings (SSSR count). The minimum absolute atomic E-state index is 0.0377. The molecule has 2 aromatic rings. The molecule has 0 bridgehead atoms. The molecule has 0 aliphatic rings. The summed E-state index contributed by atoms with van der Waals surface area (Å²) in [6.45, 7) is 1.54. The number of nitrogen functional groups attached to an aromatic ring is 1. The van der Waals surface area contributed by atoms with Crippen LogP contribution in [0.3, 0.4) is 0 Å². The van der Waals surface area contributed by atoms with Crippen molar-refractivity contribution in [3.8, 4) is 10.4 Å². The van der Waals surface area contributed by atoms with Crippen molar-refractivity contribution in [3.05, 3.63) is 35.2 Å². The molecule has 0 aliphatic heterocycles. The zero-order valence-electron chi connectivity index (χ0n) is 11.8. The summed E-state index contributed by atoms with van der Waals surface area (Å²) in [6.07, 6.45) is 0. The zero-order chi connectivity index (χ0) is 15.2. The highest BCUT2D eigenvalue weighted by molar-refractivity contribution is 7.13. The number of nitrogens with zero attached hydrogens (tertiary/aromatic N) is 1. The lowest BCUT2D eigenvalue weighted by Crippen LogP contribution is -2.29. The van der Waals surface area contributed by atoms with Crippen LogP contribution in [-0.4, -0.2) is 36.5 Å². The number of hydrogen-bond donors (Lipinski definition) is 4. The van der Waals surface area contributed by atoms with Crippen LogP contribution < -0.4 is 16.4 Å². The molecule has 0 spiro atoms. The van der Waals surface area contributed by atoms with E-state index in [2.05, 4.69) is 0 Å². The molecule has 6 heteroatoms. The van der Waals surface area contributed by atoms with Crippen LogP contribution in [0, 0.1) is 0 Å². The van der Waals surface area contributed by atoms with E-state index in [1.165, 1.54) is 0 Å². The lowest BCUT2D eigenvalue weighted by molar-refractivity contribution is 0.281. The van der Waals surface area contributed by atoms with Gasteiger partial charge in [0.25, 0.3) is 0 Å².